The number of ether oxygens (including phenoxy) is 1. The van der Waals surface area contributed by atoms with Crippen molar-refractivity contribution in [2.75, 3.05) is 10.6 Å². The Morgan fingerprint density at radius 3 is 2.58 bits per heavy atom. The molecular weight excluding hydrogens is 304 g/mol. The predicted molar refractivity (Wildman–Crippen MR) is 93.3 cm³/mol. The fourth-order valence-corrected chi connectivity index (χ4v) is 2.58. The lowest BCUT2D eigenvalue weighted by Gasteiger charge is -2.25. The van der Waals surface area contributed by atoms with Crippen LogP contribution in [-0.2, 0) is 9.59 Å². The molecule has 1 heterocycles. The highest BCUT2D eigenvalue weighted by molar-refractivity contribution is 5.97. The summed E-state index contributed by atoms with van der Waals surface area (Å²) in [5, 5.41) is 5.87. The van der Waals surface area contributed by atoms with Crippen LogP contribution in [0.1, 0.15) is 31.7 Å². The van der Waals surface area contributed by atoms with Gasteiger partial charge in [0.2, 0.25) is 5.91 Å². The molecular formula is C19H20N2O3. The molecule has 1 atom stereocenters. The molecule has 2 aromatic carbocycles. The van der Waals surface area contributed by atoms with E-state index in [4.69, 9.17) is 4.74 Å². The predicted octanol–water partition coefficient (Wildman–Crippen LogP) is 3.54. The van der Waals surface area contributed by atoms with Crippen molar-refractivity contribution in [1.29, 1.82) is 0 Å². The summed E-state index contributed by atoms with van der Waals surface area (Å²) >= 11 is 0. The van der Waals surface area contributed by atoms with Crippen LogP contribution < -0.4 is 15.4 Å². The first-order valence-corrected chi connectivity index (χ1v) is 8.00. The molecule has 0 spiro atoms. The van der Waals surface area contributed by atoms with E-state index < -0.39 is 12.0 Å². The molecule has 2 aromatic rings. The summed E-state index contributed by atoms with van der Waals surface area (Å²) in [5.41, 5.74) is 2.65. The van der Waals surface area contributed by atoms with Crippen molar-refractivity contribution in [3.05, 3.63) is 54.1 Å². The molecule has 0 bridgehead atoms. The quantitative estimate of drug-likeness (QED) is 0.667. The van der Waals surface area contributed by atoms with Crippen LogP contribution in [0.25, 0.3) is 0 Å². The molecule has 5 nitrogen and oxygen atoms in total. The van der Waals surface area contributed by atoms with Crippen molar-refractivity contribution in [2.45, 2.75) is 32.2 Å². The Morgan fingerprint density at radius 2 is 1.88 bits per heavy atom. The van der Waals surface area contributed by atoms with E-state index in [1.165, 1.54) is 5.56 Å². The molecule has 1 aliphatic rings. The first-order chi connectivity index (χ1) is 11.5. The van der Waals surface area contributed by atoms with Gasteiger partial charge in [0.15, 0.2) is 5.75 Å². The second-order valence-electron chi connectivity index (χ2n) is 6.14. The maximum absolute atomic E-state index is 12.2. The van der Waals surface area contributed by atoms with Crippen LogP contribution in [-0.4, -0.2) is 17.9 Å². The zero-order valence-corrected chi connectivity index (χ0v) is 13.7. The third-order valence-corrected chi connectivity index (χ3v) is 3.96. The lowest BCUT2D eigenvalue weighted by atomic mass is 10.0. The zero-order chi connectivity index (χ0) is 17.1. The molecule has 0 saturated carbocycles. The number of rotatable bonds is 4. The molecule has 1 aliphatic heterocycles. The first-order valence-electron chi connectivity index (χ1n) is 8.00. The van der Waals surface area contributed by atoms with Crippen LogP contribution in [0.3, 0.4) is 0 Å². The summed E-state index contributed by atoms with van der Waals surface area (Å²) in [4.78, 5) is 24.2. The molecule has 124 valence electrons. The van der Waals surface area contributed by atoms with Crippen molar-refractivity contribution in [2.24, 2.45) is 0 Å². The summed E-state index contributed by atoms with van der Waals surface area (Å²) in [5.74, 6) is 0.250. The van der Waals surface area contributed by atoms with Crippen LogP contribution in [0.5, 0.6) is 5.75 Å². The maximum Gasteiger partial charge on any atom is 0.334 e. The highest BCUT2D eigenvalue weighted by Crippen LogP contribution is 2.29. The van der Waals surface area contributed by atoms with Crippen LogP contribution in [0.2, 0.25) is 0 Å². The number of carbonyl (C=O) groups is 2. The van der Waals surface area contributed by atoms with Gasteiger partial charge < -0.3 is 15.4 Å². The number of carbonyl (C=O) groups excluding carboxylic acids is 2. The zero-order valence-electron chi connectivity index (χ0n) is 13.7. The van der Waals surface area contributed by atoms with Crippen molar-refractivity contribution >= 4 is 23.3 Å². The number of fused-ring (bicyclic) bond motifs is 1. The van der Waals surface area contributed by atoms with Gasteiger partial charge in [-0.25, -0.2) is 4.79 Å². The van der Waals surface area contributed by atoms with E-state index in [1.807, 2.05) is 36.4 Å². The van der Waals surface area contributed by atoms with Crippen LogP contribution in [0.15, 0.2) is 48.5 Å². The molecule has 0 radical (unpaired) electrons. The number of hydrogen-bond donors (Lipinski definition) is 2. The van der Waals surface area contributed by atoms with Crippen molar-refractivity contribution in [3.8, 4) is 5.75 Å². The molecule has 0 fully saturated rings. The van der Waals surface area contributed by atoms with Gasteiger partial charge in [-0.1, -0.05) is 38.1 Å². The number of esters is 1. The first kappa shape index (κ1) is 16.1. The Morgan fingerprint density at radius 1 is 1.17 bits per heavy atom. The number of nitrogens with one attached hydrogen (secondary N) is 2. The number of para-hydroxylation sites is 2. The Bertz CT molecular complexity index is 753. The van der Waals surface area contributed by atoms with Gasteiger partial charge in [-0.15, -0.1) is 0 Å². The molecule has 24 heavy (non-hydrogen) atoms. The second-order valence-corrected chi connectivity index (χ2v) is 6.14. The molecule has 2 N–H and O–H groups in total. The molecule has 5 heteroatoms. The normalized spacial score (nSPS) is 16.1. The average Bonchev–Trinajstić information content (AvgIpc) is 2.56. The van der Waals surface area contributed by atoms with Crippen molar-refractivity contribution < 1.29 is 14.3 Å². The Kier molecular flexibility index (Phi) is 4.51. The summed E-state index contributed by atoms with van der Waals surface area (Å²) < 4.78 is 5.26. The Hall–Kier alpha value is -2.82. The lowest BCUT2D eigenvalue weighted by molar-refractivity contribution is -0.137. The molecule has 0 aliphatic carbocycles. The molecule has 0 aromatic heterocycles. The van der Waals surface area contributed by atoms with E-state index in [1.54, 1.807) is 12.1 Å². The molecule has 0 unspecified atom stereocenters. The van der Waals surface area contributed by atoms with E-state index in [2.05, 4.69) is 24.5 Å². The standard InChI is InChI=1S/C19H20N2O3/c1-12(2)13-7-9-14(10-8-13)20-18(22)11-16-19(23)24-17-6-4-3-5-15(17)21-16/h3-10,12,16,21H,11H2,1-2H3,(H,20,22)/t16-/m1/s1. The minimum Gasteiger partial charge on any atom is -0.423 e. The van der Waals surface area contributed by atoms with Crippen LogP contribution >= 0.6 is 0 Å². The van der Waals surface area contributed by atoms with Gasteiger partial charge in [0.05, 0.1) is 12.1 Å². The van der Waals surface area contributed by atoms with Crippen LogP contribution in [0, 0.1) is 0 Å². The minimum absolute atomic E-state index is 0.0130. The molecule has 1 amide bonds. The van der Waals surface area contributed by atoms with E-state index in [-0.39, 0.29) is 12.3 Å². The van der Waals surface area contributed by atoms with Gasteiger partial charge in [0, 0.05) is 5.69 Å². The highest BCUT2D eigenvalue weighted by atomic mass is 16.5. The van der Waals surface area contributed by atoms with E-state index in [9.17, 15) is 9.59 Å². The largest absolute Gasteiger partial charge is 0.423 e. The van der Waals surface area contributed by atoms with Gasteiger partial charge in [0.1, 0.15) is 6.04 Å². The maximum atomic E-state index is 12.2. The highest BCUT2D eigenvalue weighted by Gasteiger charge is 2.29. The third kappa shape index (κ3) is 3.56. The Balaban J connectivity index is 1.62. The lowest BCUT2D eigenvalue weighted by Crippen LogP contribution is -2.39. The molecule has 0 saturated heterocycles. The fourth-order valence-electron chi connectivity index (χ4n) is 2.58. The van der Waals surface area contributed by atoms with E-state index >= 15 is 0 Å². The van der Waals surface area contributed by atoms with Gasteiger partial charge >= 0.3 is 5.97 Å². The average molecular weight is 324 g/mol. The fraction of sp³-hybridized carbons (Fsp3) is 0.263. The smallest absolute Gasteiger partial charge is 0.334 e. The van der Waals surface area contributed by atoms with Gasteiger partial charge in [-0.2, -0.15) is 0 Å². The summed E-state index contributed by atoms with van der Waals surface area (Å²) in [7, 11) is 0. The van der Waals surface area contributed by atoms with Gasteiger partial charge in [-0.3, -0.25) is 4.79 Å². The van der Waals surface area contributed by atoms with Gasteiger partial charge in [0.25, 0.3) is 0 Å². The summed E-state index contributed by atoms with van der Waals surface area (Å²) in [6, 6.07) is 14.2. The molecule has 3 rings (SSSR count). The number of anilines is 2. The van der Waals surface area contributed by atoms with Crippen molar-refractivity contribution in [1.82, 2.24) is 0 Å². The van der Waals surface area contributed by atoms with E-state index in [0.29, 0.717) is 17.4 Å². The van der Waals surface area contributed by atoms with Crippen molar-refractivity contribution in [3.63, 3.8) is 0 Å². The summed E-state index contributed by atoms with van der Waals surface area (Å²) in [6.45, 7) is 4.23. The van der Waals surface area contributed by atoms with E-state index in [0.717, 1.165) is 5.69 Å². The Labute approximate surface area is 141 Å². The number of benzene rings is 2. The summed E-state index contributed by atoms with van der Waals surface area (Å²) in [6.07, 6.45) is 0.0130. The minimum atomic E-state index is -0.685. The SMILES string of the molecule is CC(C)c1ccc(NC(=O)C[C@H]2Nc3ccccc3OC2=O)cc1. The topological polar surface area (TPSA) is 67.4 Å². The second kappa shape index (κ2) is 6.74. The van der Waals surface area contributed by atoms with Gasteiger partial charge in [-0.05, 0) is 35.7 Å². The third-order valence-electron chi connectivity index (χ3n) is 3.96. The number of hydrogen-bond acceptors (Lipinski definition) is 4. The monoisotopic (exact) mass is 324 g/mol. The number of amides is 1. The van der Waals surface area contributed by atoms with Crippen LogP contribution in [0.4, 0.5) is 11.4 Å².